The second kappa shape index (κ2) is 4.63. The maximum Gasteiger partial charge on any atom is 0.159 e. The van der Waals surface area contributed by atoms with E-state index >= 15 is 0 Å². The lowest BCUT2D eigenvalue weighted by atomic mass is 10.3. The van der Waals surface area contributed by atoms with Gasteiger partial charge < -0.3 is 11.5 Å². The van der Waals surface area contributed by atoms with Gasteiger partial charge in [0.05, 0.1) is 11.4 Å². The molecule has 0 fully saturated rings. The highest BCUT2D eigenvalue weighted by Crippen LogP contribution is 2.31. The van der Waals surface area contributed by atoms with Gasteiger partial charge in [0.15, 0.2) is 11.6 Å². The Bertz CT molecular complexity index is 509. The normalized spacial score (nSPS) is 10.5. The van der Waals surface area contributed by atoms with E-state index in [1.54, 1.807) is 18.2 Å². The van der Waals surface area contributed by atoms with Crippen molar-refractivity contribution in [3.63, 3.8) is 0 Å². The summed E-state index contributed by atoms with van der Waals surface area (Å²) in [5.41, 5.74) is 12.2. The van der Waals surface area contributed by atoms with Crippen molar-refractivity contribution in [3.05, 3.63) is 48.0 Å². The average molecular weight is 252 g/mol. The summed E-state index contributed by atoms with van der Waals surface area (Å²) in [5.74, 6) is -1.72. The monoisotopic (exact) mass is 252 g/mol. The maximum absolute atomic E-state index is 13.0. The van der Waals surface area contributed by atoms with Gasteiger partial charge in [-0.05, 0) is 36.4 Å². The van der Waals surface area contributed by atoms with E-state index in [4.69, 9.17) is 11.5 Å². The standard InChI is InChI=1S/C12H10F2N2S/c13-9-3-1-7(5-10(9)14)17-8-2-4-11(15)12(16)6-8/h1-6H,15-16H2. The molecule has 17 heavy (non-hydrogen) atoms. The quantitative estimate of drug-likeness (QED) is 0.806. The van der Waals surface area contributed by atoms with Crippen LogP contribution in [-0.2, 0) is 0 Å². The Hall–Kier alpha value is -1.75. The third-order valence-corrected chi connectivity index (χ3v) is 3.16. The highest BCUT2D eigenvalue weighted by Gasteiger charge is 2.05. The predicted molar refractivity (Wildman–Crippen MR) is 65.7 cm³/mol. The largest absolute Gasteiger partial charge is 0.397 e. The van der Waals surface area contributed by atoms with Crippen LogP contribution < -0.4 is 11.5 Å². The van der Waals surface area contributed by atoms with Crippen LogP contribution in [0.4, 0.5) is 20.2 Å². The van der Waals surface area contributed by atoms with Crippen LogP contribution in [0.5, 0.6) is 0 Å². The fourth-order valence-electron chi connectivity index (χ4n) is 1.29. The Morgan fingerprint density at radius 3 is 2.06 bits per heavy atom. The van der Waals surface area contributed by atoms with E-state index in [1.807, 2.05) is 0 Å². The van der Waals surface area contributed by atoms with Gasteiger partial charge in [0.1, 0.15) is 0 Å². The summed E-state index contributed by atoms with van der Waals surface area (Å²) in [5, 5.41) is 0. The molecule has 0 saturated heterocycles. The minimum absolute atomic E-state index is 0.470. The second-order valence-electron chi connectivity index (χ2n) is 3.47. The smallest absolute Gasteiger partial charge is 0.159 e. The van der Waals surface area contributed by atoms with Crippen LogP contribution in [-0.4, -0.2) is 0 Å². The summed E-state index contributed by atoms with van der Waals surface area (Å²) in [7, 11) is 0. The Labute approximate surface area is 102 Å². The van der Waals surface area contributed by atoms with Gasteiger partial charge in [-0.25, -0.2) is 8.78 Å². The second-order valence-corrected chi connectivity index (χ2v) is 4.62. The zero-order valence-corrected chi connectivity index (χ0v) is 9.60. The molecule has 2 aromatic rings. The lowest BCUT2D eigenvalue weighted by Crippen LogP contribution is -1.93. The molecule has 88 valence electrons. The number of nitrogen functional groups attached to an aromatic ring is 2. The van der Waals surface area contributed by atoms with Crippen molar-refractivity contribution in [1.29, 1.82) is 0 Å². The van der Waals surface area contributed by atoms with Crippen LogP contribution >= 0.6 is 11.8 Å². The Morgan fingerprint density at radius 1 is 0.765 bits per heavy atom. The van der Waals surface area contributed by atoms with Crippen LogP contribution in [0.25, 0.3) is 0 Å². The van der Waals surface area contributed by atoms with Gasteiger partial charge in [-0.2, -0.15) is 0 Å². The molecule has 0 spiro atoms. The van der Waals surface area contributed by atoms with Crippen LogP contribution in [0.3, 0.4) is 0 Å². The molecule has 0 aromatic heterocycles. The maximum atomic E-state index is 13.0. The van der Waals surface area contributed by atoms with Crippen molar-refractivity contribution in [1.82, 2.24) is 0 Å². The van der Waals surface area contributed by atoms with Gasteiger partial charge in [-0.15, -0.1) is 0 Å². The average Bonchev–Trinajstić information content (AvgIpc) is 2.29. The van der Waals surface area contributed by atoms with Crippen LogP contribution in [0.2, 0.25) is 0 Å². The predicted octanol–water partition coefficient (Wildman–Crippen LogP) is 3.28. The molecule has 0 aliphatic rings. The first-order valence-corrected chi connectivity index (χ1v) is 5.66. The number of anilines is 2. The third-order valence-electron chi connectivity index (χ3n) is 2.19. The zero-order valence-electron chi connectivity index (χ0n) is 8.78. The zero-order chi connectivity index (χ0) is 12.4. The summed E-state index contributed by atoms with van der Waals surface area (Å²) >= 11 is 1.29. The van der Waals surface area contributed by atoms with Crippen LogP contribution in [0.15, 0.2) is 46.2 Å². The van der Waals surface area contributed by atoms with Crippen molar-refractivity contribution < 1.29 is 8.78 Å². The third kappa shape index (κ3) is 2.68. The van der Waals surface area contributed by atoms with Gasteiger partial charge >= 0.3 is 0 Å². The van der Waals surface area contributed by atoms with E-state index in [1.165, 1.54) is 17.8 Å². The van der Waals surface area contributed by atoms with E-state index in [2.05, 4.69) is 0 Å². The number of benzene rings is 2. The molecule has 2 rings (SSSR count). The summed E-state index contributed by atoms with van der Waals surface area (Å²) in [6.45, 7) is 0. The van der Waals surface area contributed by atoms with Gasteiger partial charge in [-0.1, -0.05) is 11.8 Å². The molecular formula is C12H10F2N2S. The van der Waals surface area contributed by atoms with E-state index in [9.17, 15) is 8.78 Å². The molecule has 0 aliphatic carbocycles. The van der Waals surface area contributed by atoms with E-state index in [0.29, 0.717) is 16.3 Å². The molecular weight excluding hydrogens is 242 g/mol. The number of hydrogen-bond acceptors (Lipinski definition) is 3. The van der Waals surface area contributed by atoms with Crippen molar-refractivity contribution >= 4 is 23.1 Å². The van der Waals surface area contributed by atoms with Crippen molar-refractivity contribution in [2.75, 3.05) is 11.5 Å². The van der Waals surface area contributed by atoms with Crippen LogP contribution in [0, 0.1) is 11.6 Å². The highest BCUT2D eigenvalue weighted by atomic mass is 32.2. The summed E-state index contributed by atoms with van der Waals surface area (Å²) in [4.78, 5) is 1.43. The van der Waals surface area contributed by atoms with Gasteiger partial charge in [0.25, 0.3) is 0 Å². The van der Waals surface area contributed by atoms with E-state index in [0.717, 1.165) is 17.0 Å². The molecule has 2 aromatic carbocycles. The Kier molecular flexibility index (Phi) is 3.19. The summed E-state index contributed by atoms with van der Waals surface area (Å²) in [6.07, 6.45) is 0. The molecule has 0 amide bonds. The molecule has 5 heteroatoms. The van der Waals surface area contributed by atoms with Crippen molar-refractivity contribution in [2.45, 2.75) is 9.79 Å². The first-order chi connectivity index (χ1) is 8.06. The minimum atomic E-state index is -0.863. The van der Waals surface area contributed by atoms with Gasteiger partial charge in [-0.3, -0.25) is 0 Å². The fourth-order valence-corrected chi connectivity index (χ4v) is 2.19. The molecule has 0 aliphatic heterocycles. The Morgan fingerprint density at radius 2 is 1.41 bits per heavy atom. The van der Waals surface area contributed by atoms with E-state index < -0.39 is 11.6 Å². The van der Waals surface area contributed by atoms with Gasteiger partial charge in [0, 0.05) is 9.79 Å². The summed E-state index contributed by atoms with van der Waals surface area (Å²) in [6, 6.07) is 8.90. The Balaban J connectivity index is 2.25. The lowest BCUT2D eigenvalue weighted by molar-refractivity contribution is 0.506. The van der Waals surface area contributed by atoms with Crippen molar-refractivity contribution in [2.24, 2.45) is 0 Å². The topological polar surface area (TPSA) is 52.0 Å². The number of nitrogens with two attached hydrogens (primary N) is 2. The number of halogens is 2. The molecule has 4 N–H and O–H groups in total. The van der Waals surface area contributed by atoms with Crippen LogP contribution in [0.1, 0.15) is 0 Å². The minimum Gasteiger partial charge on any atom is -0.397 e. The lowest BCUT2D eigenvalue weighted by Gasteiger charge is -2.05. The van der Waals surface area contributed by atoms with Crippen molar-refractivity contribution in [3.8, 4) is 0 Å². The number of rotatable bonds is 2. The first-order valence-electron chi connectivity index (χ1n) is 4.84. The number of hydrogen-bond donors (Lipinski definition) is 2. The first kappa shape index (κ1) is 11.7. The molecule has 0 unspecified atom stereocenters. The van der Waals surface area contributed by atoms with Gasteiger partial charge in [0.2, 0.25) is 0 Å². The molecule has 2 nitrogen and oxygen atoms in total. The van der Waals surface area contributed by atoms with E-state index in [-0.39, 0.29) is 0 Å². The molecule has 0 heterocycles. The molecule has 0 radical (unpaired) electrons. The SMILES string of the molecule is Nc1ccc(Sc2ccc(F)c(F)c2)cc1N. The molecule has 0 atom stereocenters. The fraction of sp³-hybridized carbons (Fsp3) is 0. The summed E-state index contributed by atoms with van der Waals surface area (Å²) < 4.78 is 25.7. The highest BCUT2D eigenvalue weighted by molar-refractivity contribution is 7.99. The molecule has 0 bridgehead atoms. The molecule has 0 saturated carbocycles.